The molecule has 1 fully saturated rings. The van der Waals surface area contributed by atoms with Crippen LogP contribution in [-0.2, 0) is 0 Å². The minimum atomic E-state index is -0.147. The summed E-state index contributed by atoms with van der Waals surface area (Å²) in [6.07, 6.45) is 7.46. The van der Waals surface area contributed by atoms with Crippen molar-refractivity contribution in [2.24, 2.45) is 11.1 Å². The molecule has 0 heterocycles. The molecule has 0 amide bonds. The van der Waals surface area contributed by atoms with Crippen molar-refractivity contribution in [3.8, 4) is 0 Å². The van der Waals surface area contributed by atoms with Gasteiger partial charge >= 0.3 is 0 Å². The first-order valence-electron chi connectivity index (χ1n) is 7.33. The first-order valence-corrected chi connectivity index (χ1v) is 7.33. The third-order valence-corrected chi connectivity index (χ3v) is 4.43. The van der Waals surface area contributed by atoms with Gasteiger partial charge in [0, 0.05) is 19.0 Å². The van der Waals surface area contributed by atoms with E-state index in [0.29, 0.717) is 12.2 Å². The zero-order valence-electron chi connectivity index (χ0n) is 11.9. The zero-order valence-corrected chi connectivity index (χ0v) is 11.9. The average Bonchev–Trinajstić information content (AvgIpc) is 2.65. The Labute approximate surface area is 115 Å². The van der Waals surface area contributed by atoms with Gasteiger partial charge in [-0.3, -0.25) is 0 Å². The predicted octanol–water partition coefficient (Wildman–Crippen LogP) is 3.56. The van der Waals surface area contributed by atoms with Gasteiger partial charge in [0.1, 0.15) is 5.82 Å². The van der Waals surface area contributed by atoms with Gasteiger partial charge in [-0.05, 0) is 31.5 Å². The fourth-order valence-electron chi connectivity index (χ4n) is 3.25. The molecule has 1 aromatic rings. The molecule has 106 valence electrons. The minimum Gasteiger partial charge on any atom is -0.372 e. The van der Waals surface area contributed by atoms with Crippen LogP contribution < -0.4 is 10.6 Å². The number of rotatable bonds is 4. The lowest BCUT2D eigenvalue weighted by molar-refractivity contribution is 0.261. The monoisotopic (exact) mass is 264 g/mol. The van der Waals surface area contributed by atoms with Gasteiger partial charge in [0.25, 0.3) is 0 Å². The van der Waals surface area contributed by atoms with E-state index in [-0.39, 0.29) is 11.2 Å². The van der Waals surface area contributed by atoms with Gasteiger partial charge in [-0.2, -0.15) is 0 Å². The molecule has 0 unspecified atom stereocenters. The topological polar surface area (TPSA) is 29.3 Å². The van der Waals surface area contributed by atoms with Crippen LogP contribution in [0, 0.1) is 11.2 Å². The Balaban J connectivity index is 2.11. The number of hydrogen-bond acceptors (Lipinski definition) is 2. The highest BCUT2D eigenvalue weighted by Gasteiger charge is 2.31. The zero-order chi connectivity index (χ0) is 13.7. The van der Waals surface area contributed by atoms with Crippen LogP contribution in [0.5, 0.6) is 0 Å². The normalized spacial score (nSPS) is 18.9. The first kappa shape index (κ1) is 14.3. The summed E-state index contributed by atoms with van der Waals surface area (Å²) in [5.41, 5.74) is 6.89. The maximum atomic E-state index is 13.8. The van der Waals surface area contributed by atoms with Crippen LogP contribution in [0.3, 0.4) is 0 Å². The van der Waals surface area contributed by atoms with Crippen molar-refractivity contribution in [3.63, 3.8) is 0 Å². The smallest absolute Gasteiger partial charge is 0.146 e. The van der Waals surface area contributed by atoms with Gasteiger partial charge in [-0.25, -0.2) is 4.39 Å². The molecule has 0 radical (unpaired) electrons. The van der Waals surface area contributed by atoms with E-state index >= 15 is 0 Å². The quantitative estimate of drug-likeness (QED) is 0.843. The Morgan fingerprint density at radius 3 is 2.37 bits per heavy atom. The van der Waals surface area contributed by atoms with Gasteiger partial charge in [0.15, 0.2) is 0 Å². The molecule has 1 saturated carbocycles. The van der Waals surface area contributed by atoms with E-state index in [4.69, 9.17) is 5.73 Å². The maximum absolute atomic E-state index is 13.8. The molecule has 0 aliphatic heterocycles. The van der Waals surface area contributed by atoms with Crippen LogP contribution >= 0.6 is 0 Å². The van der Waals surface area contributed by atoms with Crippen molar-refractivity contribution in [2.45, 2.75) is 38.5 Å². The summed E-state index contributed by atoms with van der Waals surface area (Å²) in [5, 5.41) is 0. The number of halogens is 1. The van der Waals surface area contributed by atoms with E-state index in [1.165, 1.54) is 44.6 Å². The molecule has 2 nitrogen and oxygen atoms in total. The van der Waals surface area contributed by atoms with Crippen molar-refractivity contribution in [1.29, 1.82) is 0 Å². The van der Waals surface area contributed by atoms with Crippen LogP contribution in [0.25, 0.3) is 0 Å². The lowest BCUT2D eigenvalue weighted by Crippen LogP contribution is -2.41. The molecule has 1 aliphatic carbocycles. The molecule has 2 rings (SSSR count). The summed E-state index contributed by atoms with van der Waals surface area (Å²) < 4.78 is 13.8. The van der Waals surface area contributed by atoms with E-state index in [9.17, 15) is 4.39 Å². The summed E-state index contributed by atoms with van der Waals surface area (Å²) in [7, 11) is 1.97. The molecular formula is C16H25FN2. The molecule has 2 N–H and O–H groups in total. The Bertz CT molecular complexity index is 397. The Morgan fingerprint density at radius 2 is 1.79 bits per heavy atom. The minimum absolute atomic E-state index is 0.147. The third kappa shape index (κ3) is 3.47. The van der Waals surface area contributed by atoms with Crippen molar-refractivity contribution in [2.75, 3.05) is 25.0 Å². The molecule has 0 saturated heterocycles. The summed E-state index contributed by atoms with van der Waals surface area (Å²) in [6.45, 7) is 1.55. The second kappa shape index (κ2) is 6.38. The summed E-state index contributed by atoms with van der Waals surface area (Å²) in [5.74, 6) is -0.147. The number of hydrogen-bond donors (Lipinski definition) is 1. The number of para-hydroxylation sites is 1. The molecule has 19 heavy (non-hydrogen) atoms. The van der Waals surface area contributed by atoms with Crippen LogP contribution in [-0.4, -0.2) is 20.1 Å². The highest BCUT2D eigenvalue weighted by Crippen LogP contribution is 2.36. The van der Waals surface area contributed by atoms with Gasteiger partial charge in [0.2, 0.25) is 0 Å². The van der Waals surface area contributed by atoms with E-state index in [0.717, 1.165) is 6.54 Å². The van der Waals surface area contributed by atoms with Gasteiger partial charge in [-0.15, -0.1) is 0 Å². The molecule has 3 heteroatoms. The fraction of sp³-hybridized carbons (Fsp3) is 0.625. The van der Waals surface area contributed by atoms with Crippen LogP contribution in [0.4, 0.5) is 10.1 Å². The molecule has 0 aromatic heterocycles. The Hall–Kier alpha value is -1.09. The summed E-state index contributed by atoms with van der Waals surface area (Å²) in [6, 6.07) is 6.98. The third-order valence-electron chi connectivity index (χ3n) is 4.43. The number of nitrogens with zero attached hydrogens (tertiary/aromatic N) is 1. The average molecular weight is 264 g/mol. The van der Waals surface area contributed by atoms with Gasteiger partial charge < -0.3 is 10.6 Å². The van der Waals surface area contributed by atoms with Gasteiger partial charge in [-0.1, -0.05) is 37.8 Å². The number of anilines is 1. The molecule has 1 aromatic carbocycles. The van der Waals surface area contributed by atoms with Crippen molar-refractivity contribution >= 4 is 5.69 Å². The van der Waals surface area contributed by atoms with E-state index in [2.05, 4.69) is 0 Å². The van der Waals surface area contributed by atoms with Crippen LogP contribution in [0.2, 0.25) is 0 Å². The van der Waals surface area contributed by atoms with E-state index in [1.807, 2.05) is 24.1 Å². The SMILES string of the molecule is CN(CC1(CN)CCCCCC1)c1ccccc1F. The number of benzene rings is 1. The van der Waals surface area contributed by atoms with Crippen molar-refractivity contribution in [3.05, 3.63) is 30.1 Å². The summed E-state index contributed by atoms with van der Waals surface area (Å²) >= 11 is 0. The Morgan fingerprint density at radius 1 is 1.16 bits per heavy atom. The highest BCUT2D eigenvalue weighted by molar-refractivity contribution is 5.47. The largest absolute Gasteiger partial charge is 0.372 e. The standard InChI is InChI=1S/C16H25FN2/c1-19(15-9-5-4-8-14(15)17)13-16(12-18)10-6-2-3-7-11-16/h4-5,8-9H,2-3,6-7,10-13,18H2,1H3. The Kier molecular flexibility index (Phi) is 4.81. The number of nitrogens with two attached hydrogens (primary N) is 1. The summed E-state index contributed by atoms with van der Waals surface area (Å²) in [4.78, 5) is 2.04. The second-order valence-electron chi connectivity index (χ2n) is 5.93. The first-order chi connectivity index (χ1) is 9.17. The molecule has 0 atom stereocenters. The highest BCUT2D eigenvalue weighted by atomic mass is 19.1. The lowest BCUT2D eigenvalue weighted by atomic mass is 9.80. The molecule has 0 bridgehead atoms. The van der Waals surface area contributed by atoms with Crippen LogP contribution in [0.15, 0.2) is 24.3 Å². The van der Waals surface area contributed by atoms with E-state index in [1.54, 1.807) is 6.07 Å². The molecular weight excluding hydrogens is 239 g/mol. The van der Waals surface area contributed by atoms with Crippen molar-refractivity contribution < 1.29 is 4.39 Å². The molecule has 0 spiro atoms. The lowest BCUT2D eigenvalue weighted by Gasteiger charge is -2.36. The molecule has 1 aliphatic rings. The van der Waals surface area contributed by atoms with Crippen LogP contribution in [0.1, 0.15) is 38.5 Å². The predicted molar refractivity (Wildman–Crippen MR) is 78.9 cm³/mol. The van der Waals surface area contributed by atoms with E-state index < -0.39 is 0 Å². The second-order valence-corrected chi connectivity index (χ2v) is 5.93. The fourth-order valence-corrected chi connectivity index (χ4v) is 3.25. The maximum Gasteiger partial charge on any atom is 0.146 e. The van der Waals surface area contributed by atoms with Gasteiger partial charge in [0.05, 0.1) is 5.69 Å². The van der Waals surface area contributed by atoms with Crippen molar-refractivity contribution in [1.82, 2.24) is 0 Å².